The van der Waals surface area contributed by atoms with Crippen LogP contribution in [0.2, 0.25) is 10.0 Å². The first-order chi connectivity index (χ1) is 17.5. The van der Waals surface area contributed by atoms with E-state index >= 15 is 0 Å². The summed E-state index contributed by atoms with van der Waals surface area (Å²) in [4.78, 5) is 25.2. The highest BCUT2D eigenvalue weighted by Gasteiger charge is 2.38. The second kappa shape index (κ2) is 15.0. The van der Waals surface area contributed by atoms with E-state index in [4.69, 9.17) is 37.4 Å². The maximum Gasteiger partial charge on any atom is 0.338 e. The molecule has 3 atom stereocenters. The van der Waals surface area contributed by atoms with Crippen LogP contribution in [0.15, 0.2) is 61.2 Å². The second-order valence-electron chi connectivity index (χ2n) is 9.08. The van der Waals surface area contributed by atoms with E-state index < -0.39 is 24.1 Å². The summed E-state index contributed by atoms with van der Waals surface area (Å²) in [5.74, 6) is -0.924. The smallest absolute Gasteiger partial charge is 0.338 e. The molecule has 0 aliphatic carbocycles. The van der Waals surface area contributed by atoms with Gasteiger partial charge in [-0.1, -0.05) is 61.4 Å². The maximum atomic E-state index is 12.7. The molecule has 0 bridgehead atoms. The van der Waals surface area contributed by atoms with Crippen LogP contribution in [0.1, 0.15) is 78.5 Å². The highest BCUT2D eigenvalue weighted by Crippen LogP contribution is 2.29. The number of rotatable bonds is 14. The molecule has 0 amide bonds. The standard InChI is InChI=1S/C29H34Cl2O5/c1-2-3-4-5-6-7-8-9-10-25-19-26(36-29(33)22-13-17-24(31)18-14-22)27(35-25)20-34-28(32)21-11-15-23(30)16-12-21/h2,11-18,25-27H,1,3-10,19-20H2/t25-,26-,27+/m0/s1. The Morgan fingerprint density at radius 3 is 2.03 bits per heavy atom. The minimum atomic E-state index is -0.526. The highest BCUT2D eigenvalue weighted by molar-refractivity contribution is 6.31. The number of benzene rings is 2. The fraction of sp³-hybridized carbons (Fsp3) is 0.448. The molecule has 0 aromatic heterocycles. The lowest BCUT2D eigenvalue weighted by molar-refractivity contribution is -0.0435. The third-order valence-electron chi connectivity index (χ3n) is 6.26. The quantitative estimate of drug-likeness (QED) is 0.141. The third kappa shape index (κ3) is 9.27. The molecule has 7 heteroatoms. The first kappa shape index (κ1) is 28.2. The van der Waals surface area contributed by atoms with Crippen LogP contribution in [-0.2, 0) is 14.2 Å². The van der Waals surface area contributed by atoms with Crippen LogP contribution in [0, 0.1) is 0 Å². The van der Waals surface area contributed by atoms with E-state index in [9.17, 15) is 9.59 Å². The van der Waals surface area contributed by atoms with Gasteiger partial charge in [0, 0.05) is 16.5 Å². The number of hydrogen-bond donors (Lipinski definition) is 0. The topological polar surface area (TPSA) is 61.8 Å². The van der Waals surface area contributed by atoms with Crippen LogP contribution in [-0.4, -0.2) is 36.9 Å². The Labute approximate surface area is 223 Å². The van der Waals surface area contributed by atoms with Crippen molar-refractivity contribution in [1.29, 1.82) is 0 Å². The lowest BCUT2D eigenvalue weighted by atomic mass is 10.0. The number of halogens is 2. The molecule has 1 heterocycles. The lowest BCUT2D eigenvalue weighted by Crippen LogP contribution is -2.32. The van der Waals surface area contributed by atoms with Gasteiger partial charge < -0.3 is 14.2 Å². The summed E-state index contributed by atoms with van der Waals surface area (Å²) in [7, 11) is 0. The Hall–Kier alpha value is -2.34. The molecule has 1 aliphatic rings. The molecule has 2 aromatic rings. The van der Waals surface area contributed by atoms with Crippen molar-refractivity contribution >= 4 is 35.1 Å². The molecule has 1 aliphatic heterocycles. The molecule has 36 heavy (non-hydrogen) atoms. The summed E-state index contributed by atoms with van der Waals surface area (Å²) < 4.78 is 17.5. The molecular weight excluding hydrogens is 499 g/mol. The van der Waals surface area contributed by atoms with Crippen LogP contribution in [0.5, 0.6) is 0 Å². The zero-order valence-electron chi connectivity index (χ0n) is 20.5. The average Bonchev–Trinajstić information content (AvgIpc) is 3.26. The molecular formula is C29H34Cl2O5. The molecule has 0 N–H and O–H groups in total. The van der Waals surface area contributed by atoms with Crippen molar-refractivity contribution in [2.75, 3.05) is 6.61 Å². The van der Waals surface area contributed by atoms with Crippen molar-refractivity contribution < 1.29 is 23.8 Å². The molecule has 2 aromatic carbocycles. The average molecular weight is 533 g/mol. The molecule has 1 fully saturated rings. The van der Waals surface area contributed by atoms with Crippen LogP contribution in [0.25, 0.3) is 0 Å². The summed E-state index contributed by atoms with van der Waals surface area (Å²) in [5.41, 5.74) is 0.813. The van der Waals surface area contributed by atoms with E-state index in [0.29, 0.717) is 27.6 Å². The Kier molecular flexibility index (Phi) is 11.8. The first-order valence-corrected chi connectivity index (χ1v) is 13.4. The molecule has 3 rings (SSSR count). The van der Waals surface area contributed by atoms with Crippen molar-refractivity contribution in [1.82, 2.24) is 0 Å². The monoisotopic (exact) mass is 532 g/mol. The fourth-order valence-electron chi connectivity index (χ4n) is 4.24. The number of carbonyl (C=O) groups excluding carboxylic acids is 2. The predicted molar refractivity (Wildman–Crippen MR) is 143 cm³/mol. The van der Waals surface area contributed by atoms with Gasteiger partial charge in [0.1, 0.15) is 18.8 Å². The van der Waals surface area contributed by atoms with Crippen molar-refractivity contribution in [3.05, 3.63) is 82.4 Å². The van der Waals surface area contributed by atoms with E-state index in [1.165, 1.54) is 25.7 Å². The summed E-state index contributed by atoms with van der Waals surface area (Å²) in [5, 5.41) is 1.09. The molecule has 5 nitrogen and oxygen atoms in total. The molecule has 0 unspecified atom stereocenters. The molecule has 0 saturated carbocycles. The number of ether oxygens (including phenoxy) is 3. The summed E-state index contributed by atoms with van der Waals surface area (Å²) in [6, 6.07) is 13.0. The van der Waals surface area contributed by atoms with Crippen molar-refractivity contribution in [2.45, 2.75) is 76.1 Å². The number of unbranched alkanes of at least 4 members (excludes halogenated alkanes) is 6. The Morgan fingerprint density at radius 2 is 1.42 bits per heavy atom. The van der Waals surface area contributed by atoms with Gasteiger partial charge in [-0.2, -0.15) is 0 Å². The largest absolute Gasteiger partial charge is 0.459 e. The van der Waals surface area contributed by atoms with E-state index in [1.54, 1.807) is 48.5 Å². The number of hydrogen-bond acceptors (Lipinski definition) is 5. The normalized spacial score (nSPS) is 19.1. The summed E-state index contributed by atoms with van der Waals surface area (Å²) in [6.07, 6.45) is 10.5. The van der Waals surface area contributed by atoms with Gasteiger partial charge in [0.25, 0.3) is 0 Å². The maximum absolute atomic E-state index is 12.7. The molecule has 1 saturated heterocycles. The van der Waals surface area contributed by atoms with Crippen LogP contribution in [0.4, 0.5) is 0 Å². The van der Waals surface area contributed by atoms with Gasteiger partial charge in [0.15, 0.2) is 0 Å². The van der Waals surface area contributed by atoms with E-state index in [1.807, 2.05) is 6.08 Å². The summed E-state index contributed by atoms with van der Waals surface area (Å²) in [6.45, 7) is 3.76. The SMILES string of the molecule is C=CCCCCCCCC[C@H]1C[C@H](OC(=O)c2ccc(Cl)cc2)[C@@H](COC(=O)c2ccc(Cl)cc2)O1. The highest BCUT2D eigenvalue weighted by atomic mass is 35.5. The van der Waals surface area contributed by atoms with E-state index in [-0.39, 0.29) is 12.7 Å². The second-order valence-corrected chi connectivity index (χ2v) is 9.95. The lowest BCUT2D eigenvalue weighted by Gasteiger charge is -2.19. The molecule has 0 spiro atoms. The van der Waals surface area contributed by atoms with Gasteiger partial charge in [-0.3, -0.25) is 0 Å². The first-order valence-electron chi connectivity index (χ1n) is 12.6. The van der Waals surface area contributed by atoms with E-state index in [2.05, 4.69) is 6.58 Å². The fourth-order valence-corrected chi connectivity index (χ4v) is 4.50. The minimum Gasteiger partial charge on any atom is -0.459 e. The van der Waals surface area contributed by atoms with Gasteiger partial charge >= 0.3 is 11.9 Å². The minimum absolute atomic E-state index is 0.000171. The van der Waals surface area contributed by atoms with Gasteiger partial charge in [-0.05, 0) is 67.8 Å². The summed E-state index contributed by atoms with van der Waals surface area (Å²) >= 11 is 11.8. The van der Waals surface area contributed by atoms with Crippen molar-refractivity contribution in [3.63, 3.8) is 0 Å². The zero-order valence-corrected chi connectivity index (χ0v) is 22.0. The Balaban J connectivity index is 1.52. The van der Waals surface area contributed by atoms with Crippen LogP contribution < -0.4 is 0 Å². The van der Waals surface area contributed by atoms with Gasteiger partial charge in [0.05, 0.1) is 17.2 Å². The number of carbonyl (C=O) groups is 2. The van der Waals surface area contributed by atoms with Gasteiger partial charge in [-0.15, -0.1) is 6.58 Å². The molecule has 194 valence electrons. The van der Waals surface area contributed by atoms with Gasteiger partial charge in [-0.25, -0.2) is 9.59 Å². The number of allylic oxidation sites excluding steroid dienone is 1. The van der Waals surface area contributed by atoms with Crippen molar-refractivity contribution in [2.24, 2.45) is 0 Å². The Morgan fingerprint density at radius 1 is 0.861 bits per heavy atom. The Bertz CT molecular complexity index is 974. The van der Waals surface area contributed by atoms with Crippen LogP contribution >= 0.6 is 23.2 Å². The third-order valence-corrected chi connectivity index (χ3v) is 6.76. The zero-order chi connectivity index (χ0) is 25.8. The number of esters is 2. The van der Waals surface area contributed by atoms with Crippen molar-refractivity contribution in [3.8, 4) is 0 Å². The van der Waals surface area contributed by atoms with Crippen LogP contribution in [0.3, 0.4) is 0 Å². The van der Waals surface area contributed by atoms with E-state index in [0.717, 1.165) is 25.7 Å². The predicted octanol–water partition coefficient (Wildman–Crippen LogP) is 7.84. The van der Waals surface area contributed by atoms with Gasteiger partial charge in [0.2, 0.25) is 0 Å². The molecule has 0 radical (unpaired) electrons.